The molecule has 0 saturated heterocycles. The summed E-state index contributed by atoms with van der Waals surface area (Å²) in [6.45, 7) is 2.25. The number of benzene rings is 3. The Morgan fingerprint density at radius 1 is 1.05 bits per heavy atom. The second-order valence-electron chi connectivity index (χ2n) is 8.65. The van der Waals surface area contributed by atoms with E-state index in [-0.39, 0.29) is 19.1 Å². The van der Waals surface area contributed by atoms with E-state index in [2.05, 4.69) is 26.6 Å². The summed E-state index contributed by atoms with van der Waals surface area (Å²) in [6.07, 6.45) is 2.18. The highest BCUT2D eigenvalue weighted by atomic mass is 79.9. The van der Waals surface area contributed by atoms with Crippen molar-refractivity contribution < 1.29 is 28.9 Å². The molecule has 2 amide bonds. The predicted octanol–water partition coefficient (Wildman–Crippen LogP) is 6.07. The molecular formula is C30H34BrN3O6. The Morgan fingerprint density at radius 3 is 2.55 bits per heavy atom. The van der Waals surface area contributed by atoms with Gasteiger partial charge in [0.15, 0.2) is 6.10 Å². The fourth-order valence-corrected chi connectivity index (χ4v) is 4.14. The van der Waals surface area contributed by atoms with Crippen LogP contribution in [0.4, 0.5) is 21.9 Å². The van der Waals surface area contributed by atoms with E-state index in [9.17, 15) is 9.59 Å². The van der Waals surface area contributed by atoms with Gasteiger partial charge in [-0.3, -0.25) is 10.1 Å². The third-order valence-electron chi connectivity index (χ3n) is 5.70. The molecule has 0 aliphatic rings. The van der Waals surface area contributed by atoms with Crippen LogP contribution < -0.4 is 21.1 Å². The van der Waals surface area contributed by atoms with Gasteiger partial charge in [-0.1, -0.05) is 46.3 Å². The van der Waals surface area contributed by atoms with Crippen LogP contribution in [0.2, 0.25) is 0 Å². The molecule has 5 N–H and O–H groups in total. The molecule has 2 atom stereocenters. The minimum absolute atomic E-state index is 0.127. The van der Waals surface area contributed by atoms with E-state index in [1.54, 1.807) is 60.7 Å². The monoisotopic (exact) mass is 611 g/mol. The lowest BCUT2D eigenvalue weighted by Gasteiger charge is -2.27. The van der Waals surface area contributed by atoms with Crippen LogP contribution in [0.5, 0.6) is 5.75 Å². The quantitative estimate of drug-likeness (QED) is 0.128. The van der Waals surface area contributed by atoms with Crippen LogP contribution in [-0.4, -0.2) is 43.0 Å². The number of carbonyl (C=O) groups excluding carboxylic acids is 2. The highest BCUT2D eigenvalue weighted by Crippen LogP contribution is 2.30. The maximum Gasteiger partial charge on any atom is 0.412 e. The van der Waals surface area contributed by atoms with Crippen molar-refractivity contribution in [3.8, 4) is 5.75 Å². The number of carbonyl (C=O) groups is 2. The molecule has 0 aromatic heterocycles. The minimum atomic E-state index is -0.778. The van der Waals surface area contributed by atoms with Crippen molar-refractivity contribution in [2.75, 3.05) is 36.2 Å². The van der Waals surface area contributed by atoms with Crippen molar-refractivity contribution >= 4 is 45.0 Å². The number of aliphatic hydroxyl groups excluding tert-OH is 1. The number of para-hydroxylation sites is 2. The molecule has 0 heterocycles. The Bertz CT molecular complexity index is 1270. The van der Waals surface area contributed by atoms with Gasteiger partial charge in [-0.15, -0.1) is 0 Å². The van der Waals surface area contributed by atoms with Crippen molar-refractivity contribution in [3.63, 3.8) is 0 Å². The van der Waals surface area contributed by atoms with E-state index in [4.69, 9.17) is 25.1 Å². The van der Waals surface area contributed by atoms with Crippen molar-refractivity contribution in [1.82, 2.24) is 0 Å². The average molecular weight is 613 g/mol. The lowest BCUT2D eigenvalue weighted by atomic mass is 10.00. The Hall–Kier alpha value is -3.86. The molecule has 0 unspecified atom stereocenters. The number of aliphatic hydroxyl groups is 1. The van der Waals surface area contributed by atoms with Gasteiger partial charge in [0.1, 0.15) is 12.4 Å². The number of hydrogen-bond donors (Lipinski definition) is 4. The minimum Gasteiger partial charge on any atom is -0.491 e. The van der Waals surface area contributed by atoms with Crippen LogP contribution in [0.1, 0.15) is 31.4 Å². The standard InChI is InChI=1S/C30H34BrN3O6/c1-2-38-27(12-5-6-13-28(36)34-26-11-4-3-10-25(26)32)29(21-8-7-9-24(20-21)39-19-18-35)40-30(37)33-23-16-14-22(31)15-17-23/h3-4,6-11,13-17,20,27,29,35H,2,5,12,18-19,32H2,1H3,(H,33,37)(H,34,36)/b13-6+/t27-,29-/m1/s1. The van der Waals surface area contributed by atoms with Crippen molar-refractivity contribution in [2.45, 2.75) is 32.0 Å². The van der Waals surface area contributed by atoms with E-state index in [1.165, 1.54) is 6.08 Å². The summed E-state index contributed by atoms with van der Waals surface area (Å²) in [5.74, 6) is 0.224. The van der Waals surface area contributed by atoms with Crippen LogP contribution in [-0.2, 0) is 14.3 Å². The van der Waals surface area contributed by atoms with Crippen LogP contribution in [0.3, 0.4) is 0 Å². The van der Waals surface area contributed by atoms with Gasteiger partial charge in [0.2, 0.25) is 5.91 Å². The van der Waals surface area contributed by atoms with Crippen molar-refractivity contribution in [1.29, 1.82) is 0 Å². The van der Waals surface area contributed by atoms with Gasteiger partial charge >= 0.3 is 6.09 Å². The number of anilines is 3. The summed E-state index contributed by atoms with van der Waals surface area (Å²) in [7, 11) is 0. The largest absolute Gasteiger partial charge is 0.491 e. The second-order valence-corrected chi connectivity index (χ2v) is 9.57. The average Bonchev–Trinajstić information content (AvgIpc) is 2.95. The molecule has 0 bridgehead atoms. The summed E-state index contributed by atoms with van der Waals surface area (Å²) in [5.41, 5.74) is 8.16. The zero-order valence-electron chi connectivity index (χ0n) is 22.2. The molecule has 3 aromatic rings. The van der Waals surface area contributed by atoms with Gasteiger partial charge in [0, 0.05) is 16.8 Å². The Labute approximate surface area is 242 Å². The SMILES string of the molecule is CCO[C@H](CC/C=C/C(=O)Nc1ccccc1N)[C@H](OC(=O)Nc1ccc(Br)cc1)c1cccc(OCCO)c1. The van der Waals surface area contributed by atoms with E-state index >= 15 is 0 Å². The number of hydrogen-bond acceptors (Lipinski definition) is 7. The number of nitrogens with two attached hydrogens (primary N) is 1. The van der Waals surface area contributed by atoms with Crippen LogP contribution in [0.25, 0.3) is 0 Å². The zero-order valence-corrected chi connectivity index (χ0v) is 23.8. The summed E-state index contributed by atoms with van der Waals surface area (Å²) in [5, 5.41) is 14.6. The Kier molecular flexibility index (Phi) is 12.5. The molecule has 0 spiro atoms. The first-order valence-corrected chi connectivity index (χ1v) is 13.7. The number of halogens is 1. The summed E-state index contributed by atoms with van der Waals surface area (Å²) >= 11 is 3.38. The summed E-state index contributed by atoms with van der Waals surface area (Å²) < 4.78 is 18.4. The van der Waals surface area contributed by atoms with Gasteiger partial charge in [0.25, 0.3) is 0 Å². The van der Waals surface area contributed by atoms with Gasteiger partial charge < -0.3 is 30.4 Å². The van der Waals surface area contributed by atoms with Crippen molar-refractivity contribution in [3.05, 3.63) is 95.0 Å². The van der Waals surface area contributed by atoms with Gasteiger partial charge in [0.05, 0.1) is 24.1 Å². The molecule has 40 heavy (non-hydrogen) atoms. The fraction of sp³-hybridized carbons (Fsp3) is 0.267. The number of amides is 2. The first-order chi connectivity index (χ1) is 19.4. The molecule has 0 fully saturated rings. The highest BCUT2D eigenvalue weighted by Gasteiger charge is 2.28. The molecule has 3 aromatic carbocycles. The van der Waals surface area contributed by atoms with E-state index < -0.39 is 18.3 Å². The molecule has 10 heteroatoms. The summed E-state index contributed by atoms with van der Waals surface area (Å²) in [6, 6.07) is 21.3. The molecule has 0 aliphatic carbocycles. The number of nitrogens with one attached hydrogen (secondary N) is 2. The number of ether oxygens (including phenoxy) is 3. The highest BCUT2D eigenvalue weighted by molar-refractivity contribution is 9.10. The lowest BCUT2D eigenvalue weighted by Crippen LogP contribution is -2.29. The third kappa shape index (κ3) is 10.0. The van der Waals surface area contributed by atoms with E-state index in [1.807, 2.05) is 25.1 Å². The molecule has 0 saturated carbocycles. The van der Waals surface area contributed by atoms with Gasteiger partial charge in [-0.05, 0) is 79.9 Å². The first-order valence-electron chi connectivity index (χ1n) is 12.9. The first kappa shape index (κ1) is 30.7. The lowest BCUT2D eigenvalue weighted by molar-refractivity contribution is -0.111. The molecule has 212 valence electrons. The Morgan fingerprint density at radius 2 is 1.82 bits per heavy atom. The van der Waals surface area contributed by atoms with Gasteiger partial charge in [-0.2, -0.15) is 0 Å². The normalized spacial score (nSPS) is 12.5. The summed E-state index contributed by atoms with van der Waals surface area (Å²) in [4.78, 5) is 25.3. The predicted molar refractivity (Wildman–Crippen MR) is 159 cm³/mol. The number of nitrogen functional groups attached to an aromatic ring is 1. The fourth-order valence-electron chi connectivity index (χ4n) is 3.87. The Balaban J connectivity index is 1.73. The smallest absolute Gasteiger partial charge is 0.412 e. The van der Waals surface area contributed by atoms with E-state index in [0.29, 0.717) is 47.8 Å². The van der Waals surface area contributed by atoms with Gasteiger partial charge in [-0.25, -0.2) is 4.79 Å². The van der Waals surface area contributed by atoms with Crippen LogP contribution in [0, 0.1) is 0 Å². The van der Waals surface area contributed by atoms with Crippen LogP contribution in [0.15, 0.2) is 89.4 Å². The molecular weight excluding hydrogens is 578 g/mol. The topological polar surface area (TPSA) is 132 Å². The van der Waals surface area contributed by atoms with Crippen LogP contribution >= 0.6 is 15.9 Å². The maximum absolute atomic E-state index is 12.9. The van der Waals surface area contributed by atoms with E-state index in [0.717, 1.165) is 4.47 Å². The number of allylic oxidation sites excluding steroid dienone is 1. The molecule has 0 aliphatic heterocycles. The van der Waals surface area contributed by atoms with Crippen molar-refractivity contribution in [2.24, 2.45) is 0 Å². The zero-order chi connectivity index (χ0) is 28.7. The molecule has 9 nitrogen and oxygen atoms in total. The molecule has 3 rings (SSSR count). The second kappa shape index (κ2) is 16.3. The molecule has 0 radical (unpaired) electrons. The third-order valence-corrected chi connectivity index (χ3v) is 6.22. The maximum atomic E-state index is 12.9. The number of rotatable bonds is 14.